The summed E-state index contributed by atoms with van der Waals surface area (Å²) in [5.41, 5.74) is -0.115. The number of anilines is 2. The zero-order valence-corrected chi connectivity index (χ0v) is 14.3. The normalized spacial score (nSPS) is 11.5. The predicted octanol–water partition coefficient (Wildman–Crippen LogP) is 6.35. The summed E-state index contributed by atoms with van der Waals surface area (Å²) in [6.45, 7) is 0. The van der Waals surface area contributed by atoms with Crippen molar-refractivity contribution in [2.24, 2.45) is 0 Å². The molecule has 0 aliphatic carbocycles. The van der Waals surface area contributed by atoms with Gasteiger partial charge in [-0.25, -0.2) is 14.4 Å². The fourth-order valence-corrected chi connectivity index (χ4v) is 2.55. The number of aromatic nitrogens is 2. The van der Waals surface area contributed by atoms with Crippen molar-refractivity contribution in [3.05, 3.63) is 70.1 Å². The lowest BCUT2D eigenvalue weighted by Gasteiger charge is -2.12. The van der Waals surface area contributed by atoms with Crippen LogP contribution < -0.4 is 5.32 Å². The van der Waals surface area contributed by atoms with Crippen LogP contribution in [-0.4, -0.2) is 9.97 Å². The van der Waals surface area contributed by atoms with Crippen molar-refractivity contribution >= 4 is 34.7 Å². The summed E-state index contributed by atoms with van der Waals surface area (Å²) in [4.78, 5) is 8.29. The monoisotopic (exact) mass is 401 g/mol. The lowest BCUT2D eigenvalue weighted by Crippen LogP contribution is -2.05. The van der Waals surface area contributed by atoms with Crippen molar-refractivity contribution < 1.29 is 17.6 Å². The second-order valence-electron chi connectivity index (χ2n) is 5.22. The topological polar surface area (TPSA) is 37.8 Å². The van der Waals surface area contributed by atoms with Gasteiger partial charge in [0, 0.05) is 11.6 Å². The Labute approximate surface area is 155 Å². The highest BCUT2D eigenvalue weighted by Crippen LogP contribution is 2.35. The van der Waals surface area contributed by atoms with E-state index in [4.69, 9.17) is 23.2 Å². The second kappa shape index (κ2) is 7.09. The van der Waals surface area contributed by atoms with Crippen molar-refractivity contribution in [1.29, 1.82) is 0 Å². The third kappa shape index (κ3) is 4.23. The maximum absolute atomic E-state index is 13.0. The van der Waals surface area contributed by atoms with Gasteiger partial charge in [-0.15, -0.1) is 0 Å². The number of alkyl halides is 3. The van der Waals surface area contributed by atoms with Gasteiger partial charge in [-0.1, -0.05) is 23.2 Å². The summed E-state index contributed by atoms with van der Waals surface area (Å²) in [5.74, 6) is 0.0414. The molecule has 3 rings (SSSR count). The molecule has 0 unspecified atom stereocenters. The molecular weight excluding hydrogens is 393 g/mol. The lowest BCUT2D eigenvalue weighted by atomic mass is 10.2. The Morgan fingerprint density at radius 3 is 2.19 bits per heavy atom. The van der Waals surface area contributed by atoms with Crippen molar-refractivity contribution in [3.63, 3.8) is 0 Å². The molecule has 0 amide bonds. The van der Waals surface area contributed by atoms with Crippen LogP contribution in [0.1, 0.15) is 5.56 Å². The van der Waals surface area contributed by atoms with Gasteiger partial charge < -0.3 is 5.32 Å². The van der Waals surface area contributed by atoms with Crippen LogP contribution >= 0.6 is 23.2 Å². The van der Waals surface area contributed by atoms with Gasteiger partial charge in [0.25, 0.3) is 0 Å². The van der Waals surface area contributed by atoms with E-state index >= 15 is 0 Å². The Morgan fingerprint density at radius 2 is 1.58 bits per heavy atom. The van der Waals surface area contributed by atoms with E-state index in [1.807, 2.05) is 0 Å². The van der Waals surface area contributed by atoms with Gasteiger partial charge in [0.05, 0.1) is 16.3 Å². The molecule has 0 radical (unpaired) electrons. The zero-order chi connectivity index (χ0) is 18.9. The van der Waals surface area contributed by atoms with Crippen molar-refractivity contribution in [2.45, 2.75) is 6.18 Å². The smallest absolute Gasteiger partial charge is 0.339 e. The molecule has 3 nitrogen and oxygen atoms in total. The number of nitrogens with zero attached hydrogens (tertiary/aromatic N) is 2. The van der Waals surface area contributed by atoms with E-state index < -0.39 is 17.6 Å². The third-order valence-corrected chi connectivity index (χ3v) is 3.86. The van der Waals surface area contributed by atoms with Gasteiger partial charge in [0.2, 0.25) is 0 Å². The molecule has 1 heterocycles. The van der Waals surface area contributed by atoms with Crippen LogP contribution in [0.3, 0.4) is 0 Å². The lowest BCUT2D eigenvalue weighted by molar-refractivity contribution is -0.137. The van der Waals surface area contributed by atoms with E-state index in [1.54, 1.807) is 0 Å². The minimum absolute atomic E-state index is 0.102. The maximum atomic E-state index is 13.0. The molecule has 9 heteroatoms. The van der Waals surface area contributed by atoms with Crippen molar-refractivity contribution in [1.82, 2.24) is 9.97 Å². The molecule has 3 aromatic rings. The van der Waals surface area contributed by atoms with E-state index in [-0.39, 0.29) is 27.5 Å². The summed E-state index contributed by atoms with van der Waals surface area (Å²) in [6.07, 6.45) is -4.49. The second-order valence-corrected chi connectivity index (χ2v) is 6.02. The van der Waals surface area contributed by atoms with E-state index in [2.05, 4.69) is 15.3 Å². The average Bonchev–Trinajstić information content (AvgIpc) is 2.56. The predicted molar refractivity (Wildman–Crippen MR) is 92.2 cm³/mol. The molecule has 0 saturated carbocycles. The van der Waals surface area contributed by atoms with Crippen molar-refractivity contribution in [3.8, 4) is 11.4 Å². The Kier molecular flexibility index (Phi) is 5.02. The van der Waals surface area contributed by atoms with Crippen molar-refractivity contribution in [2.75, 3.05) is 5.32 Å². The summed E-state index contributed by atoms with van der Waals surface area (Å²) in [7, 11) is 0. The quantitative estimate of drug-likeness (QED) is 0.410. The molecule has 0 atom stereocenters. The average molecular weight is 402 g/mol. The summed E-state index contributed by atoms with van der Waals surface area (Å²) >= 11 is 11.9. The van der Waals surface area contributed by atoms with E-state index in [0.29, 0.717) is 5.56 Å². The zero-order valence-electron chi connectivity index (χ0n) is 12.8. The number of benzene rings is 2. The molecule has 26 heavy (non-hydrogen) atoms. The highest BCUT2D eigenvalue weighted by molar-refractivity contribution is 6.33. The molecule has 0 aliphatic rings. The molecule has 1 aromatic heterocycles. The molecular formula is C17H9Cl2F4N3. The Morgan fingerprint density at radius 1 is 0.885 bits per heavy atom. The minimum atomic E-state index is -4.49. The standard InChI is InChI=1S/C17H9Cl2F4N3/c18-12-7-10(17(21,22)23)3-6-13(12)24-15-8-14(19)25-16(26-15)9-1-4-11(20)5-2-9/h1-8H,(H,24,25,26). The van der Waals surface area contributed by atoms with Gasteiger partial charge in [0.1, 0.15) is 16.8 Å². The highest BCUT2D eigenvalue weighted by atomic mass is 35.5. The van der Waals surface area contributed by atoms with Crippen LogP contribution in [0.15, 0.2) is 48.5 Å². The number of hydrogen-bond acceptors (Lipinski definition) is 3. The molecule has 0 bridgehead atoms. The van der Waals surface area contributed by atoms with Crippen LogP contribution in [0, 0.1) is 5.82 Å². The van der Waals surface area contributed by atoms with Crippen LogP contribution in [0.2, 0.25) is 10.2 Å². The number of rotatable bonds is 3. The fraction of sp³-hybridized carbons (Fsp3) is 0.0588. The Balaban J connectivity index is 1.92. The number of halogens is 6. The van der Waals surface area contributed by atoms with Crippen LogP contribution in [0.4, 0.5) is 29.1 Å². The van der Waals surface area contributed by atoms with Gasteiger partial charge in [-0.2, -0.15) is 13.2 Å². The number of nitrogens with one attached hydrogen (secondary N) is 1. The summed E-state index contributed by atoms with van der Waals surface area (Å²) < 4.78 is 51.1. The first kappa shape index (κ1) is 18.4. The Hall–Kier alpha value is -2.38. The SMILES string of the molecule is Fc1ccc(-c2nc(Cl)cc(Nc3ccc(C(F)(F)F)cc3Cl)n2)cc1. The summed E-state index contributed by atoms with van der Waals surface area (Å²) in [5, 5.41) is 2.78. The molecule has 0 aliphatic heterocycles. The molecule has 0 saturated heterocycles. The van der Waals surface area contributed by atoms with E-state index in [1.165, 1.54) is 36.4 Å². The van der Waals surface area contributed by atoms with Crippen LogP contribution in [-0.2, 0) is 6.18 Å². The molecule has 0 fully saturated rings. The maximum Gasteiger partial charge on any atom is 0.416 e. The first-order chi connectivity index (χ1) is 12.2. The van der Waals surface area contributed by atoms with E-state index in [0.717, 1.165) is 12.1 Å². The molecule has 134 valence electrons. The molecule has 2 aromatic carbocycles. The molecule has 0 spiro atoms. The third-order valence-electron chi connectivity index (χ3n) is 3.36. The largest absolute Gasteiger partial charge is 0.416 e. The fourth-order valence-electron chi connectivity index (χ4n) is 2.14. The van der Waals surface area contributed by atoms with Gasteiger partial charge in [-0.3, -0.25) is 0 Å². The molecule has 1 N–H and O–H groups in total. The van der Waals surface area contributed by atoms with Crippen LogP contribution in [0.25, 0.3) is 11.4 Å². The summed E-state index contributed by atoms with van der Waals surface area (Å²) in [6, 6.07) is 9.76. The van der Waals surface area contributed by atoms with Gasteiger partial charge in [0.15, 0.2) is 5.82 Å². The van der Waals surface area contributed by atoms with Gasteiger partial charge >= 0.3 is 6.18 Å². The van der Waals surface area contributed by atoms with Crippen LogP contribution in [0.5, 0.6) is 0 Å². The Bertz CT molecular complexity index is 944. The first-order valence-electron chi connectivity index (χ1n) is 7.17. The van der Waals surface area contributed by atoms with Gasteiger partial charge in [-0.05, 0) is 42.5 Å². The number of hydrogen-bond donors (Lipinski definition) is 1. The first-order valence-corrected chi connectivity index (χ1v) is 7.92. The highest BCUT2D eigenvalue weighted by Gasteiger charge is 2.30. The van der Waals surface area contributed by atoms with E-state index in [9.17, 15) is 17.6 Å². The minimum Gasteiger partial charge on any atom is -0.339 e.